The average Bonchev–Trinajstić information content (AvgIpc) is 2.02. The van der Waals surface area contributed by atoms with Crippen LogP contribution < -0.4 is 0 Å². The number of alkyl halides is 4. The fraction of sp³-hybridized carbons (Fsp3) is 0.333. The third kappa shape index (κ3) is 13.9. The van der Waals surface area contributed by atoms with Crippen molar-refractivity contribution < 1.29 is 30.7 Å². The van der Waals surface area contributed by atoms with Gasteiger partial charge in [-0.3, -0.25) is 0 Å². The molecule has 0 aromatic rings. The SMILES string of the molecule is C=CC(F)(F)F.FCC(F)=C(F)F. The Morgan fingerprint density at radius 1 is 1.15 bits per heavy atom. The molecule has 0 atom stereocenters. The van der Waals surface area contributed by atoms with Crippen molar-refractivity contribution in [1.29, 1.82) is 0 Å². The van der Waals surface area contributed by atoms with Crippen LogP contribution in [0.1, 0.15) is 0 Å². The highest BCUT2D eigenvalue weighted by molar-refractivity contribution is 4.90. The molecule has 0 aromatic carbocycles. The van der Waals surface area contributed by atoms with Gasteiger partial charge in [0.25, 0.3) is 0 Å². The summed E-state index contributed by atoms with van der Waals surface area (Å²) in [6.07, 6.45) is -6.84. The molecule has 0 aliphatic heterocycles. The molecule has 0 aromatic heterocycles. The first-order valence-corrected chi connectivity index (χ1v) is 2.70. The van der Waals surface area contributed by atoms with Gasteiger partial charge >= 0.3 is 12.3 Å². The standard InChI is InChI=1S/C3H2F4.C3H3F3/c4-1-2(5)3(6)7;1-2-3(4,5)6/h1H2;2H,1H2. The van der Waals surface area contributed by atoms with Gasteiger partial charge in [0.1, 0.15) is 6.67 Å². The van der Waals surface area contributed by atoms with Crippen molar-refractivity contribution >= 4 is 0 Å². The van der Waals surface area contributed by atoms with E-state index in [1.165, 1.54) is 0 Å². The molecule has 0 N–H and O–H groups in total. The van der Waals surface area contributed by atoms with Crippen molar-refractivity contribution in [3.63, 3.8) is 0 Å². The summed E-state index contributed by atoms with van der Waals surface area (Å²) in [7, 11) is 0. The molecule has 0 radical (unpaired) electrons. The highest BCUT2D eigenvalue weighted by Crippen LogP contribution is 2.13. The van der Waals surface area contributed by atoms with Crippen LogP contribution in [0.4, 0.5) is 30.7 Å². The molecule has 78 valence electrons. The first-order valence-electron chi connectivity index (χ1n) is 2.70. The maximum absolute atomic E-state index is 11.0. The lowest BCUT2D eigenvalue weighted by atomic mass is 10.6. The van der Waals surface area contributed by atoms with Crippen LogP contribution in [0.2, 0.25) is 0 Å². The van der Waals surface area contributed by atoms with Gasteiger partial charge in [-0.2, -0.15) is 22.0 Å². The highest BCUT2D eigenvalue weighted by Gasteiger charge is 2.19. The van der Waals surface area contributed by atoms with E-state index < -0.39 is 24.8 Å². The topological polar surface area (TPSA) is 0 Å². The number of rotatable bonds is 1. The summed E-state index contributed by atoms with van der Waals surface area (Å²) < 4.78 is 75.1. The second-order valence-electron chi connectivity index (χ2n) is 1.54. The summed E-state index contributed by atoms with van der Waals surface area (Å²) in [4.78, 5) is 0. The largest absolute Gasteiger partial charge is 0.409 e. The number of hydrogen-bond acceptors (Lipinski definition) is 0. The van der Waals surface area contributed by atoms with Crippen molar-refractivity contribution in [3.05, 3.63) is 24.6 Å². The smallest absolute Gasteiger partial charge is 0.243 e. The van der Waals surface area contributed by atoms with Gasteiger partial charge in [0.2, 0.25) is 0 Å². The third-order valence-electron chi connectivity index (χ3n) is 0.554. The Hall–Kier alpha value is -1.01. The predicted octanol–water partition coefficient (Wildman–Crippen LogP) is 3.77. The second-order valence-corrected chi connectivity index (χ2v) is 1.54. The Balaban J connectivity index is 0. The summed E-state index contributed by atoms with van der Waals surface area (Å²) in [5, 5.41) is 0. The summed E-state index contributed by atoms with van der Waals surface area (Å²) in [6.45, 7) is 0.787. The molecule has 0 aliphatic carbocycles. The van der Waals surface area contributed by atoms with E-state index in [9.17, 15) is 30.7 Å². The minimum absolute atomic E-state index is 0.0625. The highest BCUT2D eigenvalue weighted by atomic mass is 19.4. The predicted molar refractivity (Wildman–Crippen MR) is 32.6 cm³/mol. The van der Waals surface area contributed by atoms with Crippen LogP contribution in [0.15, 0.2) is 24.6 Å². The molecular weight excluding hydrogens is 205 g/mol. The fourth-order valence-electron chi connectivity index (χ4n) is 0.0505. The van der Waals surface area contributed by atoms with Gasteiger partial charge in [-0.25, -0.2) is 8.78 Å². The van der Waals surface area contributed by atoms with Gasteiger partial charge in [0.05, 0.1) is 0 Å². The van der Waals surface area contributed by atoms with E-state index in [1.807, 2.05) is 0 Å². The molecule has 0 rings (SSSR count). The zero-order chi connectivity index (χ0) is 11.1. The summed E-state index contributed by atoms with van der Waals surface area (Å²) in [6, 6.07) is 0. The van der Waals surface area contributed by atoms with E-state index in [1.54, 1.807) is 0 Å². The van der Waals surface area contributed by atoms with E-state index in [2.05, 4.69) is 6.58 Å². The molecule has 0 heterocycles. The molecule has 13 heavy (non-hydrogen) atoms. The maximum Gasteiger partial charge on any atom is 0.409 e. The molecule has 0 saturated carbocycles. The minimum Gasteiger partial charge on any atom is -0.243 e. The fourth-order valence-corrected chi connectivity index (χ4v) is 0.0505. The zero-order valence-corrected chi connectivity index (χ0v) is 6.14. The molecule has 0 unspecified atom stereocenters. The molecule has 0 bridgehead atoms. The monoisotopic (exact) mass is 210 g/mol. The van der Waals surface area contributed by atoms with E-state index >= 15 is 0 Å². The van der Waals surface area contributed by atoms with Gasteiger partial charge in [0.15, 0.2) is 5.83 Å². The molecule has 0 nitrogen and oxygen atoms in total. The van der Waals surface area contributed by atoms with Crippen LogP contribution in [0.3, 0.4) is 0 Å². The maximum atomic E-state index is 11.0. The van der Waals surface area contributed by atoms with Crippen molar-refractivity contribution in [2.75, 3.05) is 6.67 Å². The lowest BCUT2D eigenvalue weighted by Gasteiger charge is -1.91. The van der Waals surface area contributed by atoms with E-state index in [-0.39, 0.29) is 6.08 Å². The second kappa shape index (κ2) is 6.50. The summed E-state index contributed by atoms with van der Waals surface area (Å²) >= 11 is 0. The summed E-state index contributed by atoms with van der Waals surface area (Å²) in [5.74, 6) is -1.99. The molecule has 0 amide bonds. The Bertz CT molecular complexity index is 174. The van der Waals surface area contributed by atoms with Crippen LogP contribution in [-0.4, -0.2) is 12.9 Å². The molecule has 0 aliphatic rings. The number of halogens is 7. The first kappa shape index (κ1) is 14.5. The third-order valence-corrected chi connectivity index (χ3v) is 0.554. The van der Waals surface area contributed by atoms with Crippen molar-refractivity contribution in [2.24, 2.45) is 0 Å². The van der Waals surface area contributed by atoms with Crippen molar-refractivity contribution in [3.8, 4) is 0 Å². The lowest BCUT2D eigenvalue weighted by Crippen LogP contribution is -1.98. The molecule has 7 heteroatoms. The molecule has 0 spiro atoms. The van der Waals surface area contributed by atoms with Gasteiger partial charge in [0, 0.05) is 6.08 Å². The van der Waals surface area contributed by atoms with Gasteiger partial charge in [-0.1, -0.05) is 6.58 Å². The van der Waals surface area contributed by atoms with Gasteiger partial charge < -0.3 is 0 Å². The quantitative estimate of drug-likeness (QED) is 0.456. The normalized spacial score (nSPS) is 9.77. The van der Waals surface area contributed by atoms with Crippen LogP contribution in [0.5, 0.6) is 0 Å². The van der Waals surface area contributed by atoms with Crippen LogP contribution in [0, 0.1) is 0 Å². The molecule has 0 saturated heterocycles. The average molecular weight is 210 g/mol. The number of hydrogen-bond donors (Lipinski definition) is 0. The number of allylic oxidation sites excluding steroid dienone is 2. The Kier molecular flexibility index (Phi) is 7.26. The van der Waals surface area contributed by atoms with Gasteiger partial charge in [-0.05, 0) is 0 Å². The Morgan fingerprint density at radius 2 is 1.46 bits per heavy atom. The van der Waals surface area contributed by atoms with Crippen molar-refractivity contribution in [1.82, 2.24) is 0 Å². The Morgan fingerprint density at radius 3 is 1.46 bits per heavy atom. The minimum atomic E-state index is -4.19. The molecular formula is C6H5F7. The van der Waals surface area contributed by atoms with E-state index in [4.69, 9.17) is 0 Å². The van der Waals surface area contributed by atoms with Crippen molar-refractivity contribution in [2.45, 2.75) is 6.18 Å². The molecule has 0 fully saturated rings. The van der Waals surface area contributed by atoms with Crippen LogP contribution in [-0.2, 0) is 0 Å². The summed E-state index contributed by atoms with van der Waals surface area (Å²) in [5.41, 5.74) is 0. The van der Waals surface area contributed by atoms with Crippen LogP contribution in [0.25, 0.3) is 0 Å². The first-order chi connectivity index (χ1) is 5.74. The van der Waals surface area contributed by atoms with Crippen LogP contribution >= 0.6 is 0 Å². The van der Waals surface area contributed by atoms with Gasteiger partial charge in [-0.15, -0.1) is 0 Å². The van der Waals surface area contributed by atoms with E-state index in [0.717, 1.165) is 0 Å². The lowest BCUT2D eigenvalue weighted by molar-refractivity contribution is -0.0795. The zero-order valence-electron chi connectivity index (χ0n) is 6.14. The van der Waals surface area contributed by atoms with E-state index in [0.29, 0.717) is 0 Å². The Labute approximate surface area is 69.3 Å².